The van der Waals surface area contributed by atoms with Crippen molar-refractivity contribution in [2.45, 2.75) is 26.7 Å². The van der Waals surface area contributed by atoms with Gasteiger partial charge < -0.3 is 10.0 Å². The number of hydrogen-bond donors (Lipinski definition) is 1. The molecule has 3 rings (SSSR count). The summed E-state index contributed by atoms with van der Waals surface area (Å²) in [4.78, 5) is 25.6. The van der Waals surface area contributed by atoms with Crippen molar-refractivity contribution in [2.75, 3.05) is 13.1 Å². The van der Waals surface area contributed by atoms with Gasteiger partial charge in [0.25, 0.3) is 0 Å². The minimum absolute atomic E-state index is 0.132. The minimum atomic E-state index is -1.01. The van der Waals surface area contributed by atoms with E-state index >= 15 is 0 Å². The number of carboxylic acid groups (broad SMARTS) is 1. The lowest BCUT2D eigenvalue weighted by atomic mass is 10.1. The second kappa shape index (κ2) is 9.19. The first-order valence-corrected chi connectivity index (χ1v) is 9.59. The van der Waals surface area contributed by atoms with Crippen molar-refractivity contribution in [2.24, 2.45) is 0 Å². The zero-order valence-corrected chi connectivity index (χ0v) is 16.7. The van der Waals surface area contributed by atoms with Gasteiger partial charge in [-0.05, 0) is 38.0 Å². The van der Waals surface area contributed by atoms with E-state index in [9.17, 15) is 14.7 Å². The van der Waals surface area contributed by atoms with Gasteiger partial charge in [-0.15, -0.1) is 0 Å². The van der Waals surface area contributed by atoms with E-state index in [-0.39, 0.29) is 18.9 Å². The van der Waals surface area contributed by atoms with Gasteiger partial charge in [-0.25, -0.2) is 4.68 Å². The van der Waals surface area contributed by atoms with Gasteiger partial charge in [0.2, 0.25) is 5.91 Å². The summed E-state index contributed by atoms with van der Waals surface area (Å²) < 4.78 is 1.82. The largest absolute Gasteiger partial charge is 0.480 e. The Bertz CT molecular complexity index is 981. The Morgan fingerprint density at radius 2 is 1.62 bits per heavy atom. The number of para-hydroxylation sites is 1. The predicted molar refractivity (Wildman–Crippen MR) is 111 cm³/mol. The molecule has 150 valence electrons. The van der Waals surface area contributed by atoms with Gasteiger partial charge in [-0.2, -0.15) is 5.10 Å². The highest BCUT2D eigenvalue weighted by Crippen LogP contribution is 2.19. The first kappa shape index (κ1) is 20.3. The number of carbonyl (C=O) groups is 2. The molecule has 3 aromatic rings. The maximum absolute atomic E-state index is 12.9. The molecule has 6 nitrogen and oxygen atoms in total. The Morgan fingerprint density at radius 3 is 2.24 bits per heavy atom. The van der Waals surface area contributed by atoms with E-state index in [0.717, 1.165) is 28.2 Å². The molecule has 0 bridgehead atoms. The molecule has 0 saturated carbocycles. The SMILES string of the molecule is Cc1nn(-c2ccccc2)c(C)c1CC(=O)N(CCc1ccccc1)CC(=O)O. The number of benzene rings is 2. The fourth-order valence-corrected chi connectivity index (χ4v) is 3.38. The molecule has 1 N–H and O–H groups in total. The molecule has 6 heteroatoms. The van der Waals surface area contributed by atoms with Crippen molar-refractivity contribution in [3.8, 4) is 5.69 Å². The molecular formula is C23H25N3O3. The summed E-state index contributed by atoms with van der Waals surface area (Å²) in [6, 6.07) is 19.5. The maximum atomic E-state index is 12.9. The molecule has 0 aliphatic heterocycles. The first-order valence-electron chi connectivity index (χ1n) is 9.59. The summed E-state index contributed by atoms with van der Waals surface area (Å²) in [5.74, 6) is -1.22. The molecule has 0 fully saturated rings. The number of carbonyl (C=O) groups excluding carboxylic acids is 1. The van der Waals surface area contributed by atoms with Crippen LogP contribution >= 0.6 is 0 Å². The quantitative estimate of drug-likeness (QED) is 0.640. The van der Waals surface area contributed by atoms with Crippen LogP contribution < -0.4 is 0 Å². The molecular weight excluding hydrogens is 366 g/mol. The number of aryl methyl sites for hydroxylation is 1. The predicted octanol–water partition coefficient (Wildman–Crippen LogP) is 3.19. The van der Waals surface area contributed by atoms with E-state index in [2.05, 4.69) is 5.10 Å². The number of aromatic nitrogens is 2. The van der Waals surface area contributed by atoms with Gasteiger partial charge in [0, 0.05) is 17.8 Å². The van der Waals surface area contributed by atoms with Crippen molar-refractivity contribution in [1.29, 1.82) is 0 Å². The van der Waals surface area contributed by atoms with E-state index in [1.807, 2.05) is 79.2 Å². The number of amides is 1. The minimum Gasteiger partial charge on any atom is -0.480 e. The zero-order valence-electron chi connectivity index (χ0n) is 16.7. The second-order valence-corrected chi connectivity index (χ2v) is 7.02. The fourth-order valence-electron chi connectivity index (χ4n) is 3.38. The highest BCUT2D eigenvalue weighted by molar-refractivity contribution is 5.83. The van der Waals surface area contributed by atoms with Crippen molar-refractivity contribution in [1.82, 2.24) is 14.7 Å². The molecule has 0 aliphatic rings. The molecule has 0 atom stereocenters. The Balaban J connectivity index is 1.77. The number of rotatable bonds is 8. The van der Waals surface area contributed by atoms with Crippen molar-refractivity contribution in [3.63, 3.8) is 0 Å². The summed E-state index contributed by atoms with van der Waals surface area (Å²) in [5, 5.41) is 13.8. The van der Waals surface area contributed by atoms with Gasteiger partial charge >= 0.3 is 5.97 Å². The summed E-state index contributed by atoms with van der Waals surface area (Å²) >= 11 is 0. The molecule has 2 aromatic carbocycles. The standard InChI is InChI=1S/C23H25N3O3/c1-17-21(18(2)26(24-17)20-11-7-4-8-12-20)15-22(27)25(16-23(28)29)14-13-19-9-5-3-6-10-19/h3-12H,13-16H2,1-2H3,(H,28,29). The Hall–Kier alpha value is -3.41. The highest BCUT2D eigenvalue weighted by Gasteiger charge is 2.21. The monoisotopic (exact) mass is 391 g/mol. The average molecular weight is 391 g/mol. The molecule has 0 unspecified atom stereocenters. The van der Waals surface area contributed by atoms with E-state index in [1.165, 1.54) is 4.90 Å². The van der Waals surface area contributed by atoms with Gasteiger partial charge in [0.1, 0.15) is 6.54 Å². The topological polar surface area (TPSA) is 75.4 Å². The van der Waals surface area contributed by atoms with Crippen LogP contribution in [-0.2, 0) is 22.4 Å². The van der Waals surface area contributed by atoms with Gasteiger partial charge in [0.05, 0.1) is 17.8 Å². The third-order valence-corrected chi connectivity index (χ3v) is 4.96. The number of carboxylic acids is 1. The van der Waals surface area contributed by atoms with Crippen LogP contribution in [-0.4, -0.2) is 44.8 Å². The van der Waals surface area contributed by atoms with Crippen LogP contribution in [0.4, 0.5) is 0 Å². The van der Waals surface area contributed by atoms with Crippen LogP contribution in [0.3, 0.4) is 0 Å². The number of hydrogen-bond acceptors (Lipinski definition) is 3. The third-order valence-electron chi connectivity index (χ3n) is 4.96. The van der Waals surface area contributed by atoms with E-state index in [1.54, 1.807) is 0 Å². The van der Waals surface area contributed by atoms with Crippen LogP contribution in [0.15, 0.2) is 60.7 Å². The van der Waals surface area contributed by atoms with Crippen LogP contribution in [0.25, 0.3) is 5.69 Å². The lowest BCUT2D eigenvalue weighted by molar-refractivity contribution is -0.144. The number of nitrogens with zero attached hydrogens (tertiary/aromatic N) is 3. The first-order chi connectivity index (χ1) is 14.0. The molecule has 1 amide bonds. The van der Waals surface area contributed by atoms with Crippen molar-refractivity contribution in [3.05, 3.63) is 83.2 Å². The lowest BCUT2D eigenvalue weighted by Gasteiger charge is -2.21. The normalized spacial score (nSPS) is 10.7. The number of aliphatic carboxylic acids is 1. The summed E-state index contributed by atoms with van der Waals surface area (Å²) in [6.45, 7) is 3.86. The Labute approximate surface area is 170 Å². The fraction of sp³-hybridized carbons (Fsp3) is 0.261. The van der Waals surface area contributed by atoms with Crippen LogP contribution in [0.1, 0.15) is 22.5 Å². The third kappa shape index (κ3) is 5.10. The lowest BCUT2D eigenvalue weighted by Crippen LogP contribution is -2.38. The molecule has 0 aliphatic carbocycles. The summed E-state index contributed by atoms with van der Waals surface area (Å²) in [6.07, 6.45) is 0.744. The molecule has 1 aromatic heterocycles. The second-order valence-electron chi connectivity index (χ2n) is 7.02. The van der Waals surface area contributed by atoms with Crippen LogP contribution in [0.5, 0.6) is 0 Å². The van der Waals surface area contributed by atoms with E-state index < -0.39 is 5.97 Å². The average Bonchev–Trinajstić information content (AvgIpc) is 3.00. The molecule has 0 radical (unpaired) electrons. The van der Waals surface area contributed by atoms with Crippen molar-refractivity contribution < 1.29 is 14.7 Å². The van der Waals surface area contributed by atoms with Crippen LogP contribution in [0.2, 0.25) is 0 Å². The summed E-state index contributed by atoms with van der Waals surface area (Å²) in [7, 11) is 0. The highest BCUT2D eigenvalue weighted by atomic mass is 16.4. The molecule has 1 heterocycles. The molecule has 29 heavy (non-hydrogen) atoms. The smallest absolute Gasteiger partial charge is 0.323 e. The molecule has 0 spiro atoms. The van der Waals surface area contributed by atoms with Gasteiger partial charge in [-0.3, -0.25) is 9.59 Å². The summed E-state index contributed by atoms with van der Waals surface area (Å²) in [5.41, 5.74) is 4.51. The maximum Gasteiger partial charge on any atom is 0.323 e. The Kier molecular flexibility index (Phi) is 6.44. The van der Waals surface area contributed by atoms with E-state index in [0.29, 0.717) is 13.0 Å². The van der Waals surface area contributed by atoms with Crippen molar-refractivity contribution >= 4 is 11.9 Å². The zero-order chi connectivity index (χ0) is 20.8. The molecule has 0 saturated heterocycles. The van der Waals surface area contributed by atoms with Gasteiger partial charge in [0.15, 0.2) is 0 Å². The van der Waals surface area contributed by atoms with Gasteiger partial charge in [-0.1, -0.05) is 48.5 Å². The van der Waals surface area contributed by atoms with E-state index in [4.69, 9.17) is 0 Å². The van der Waals surface area contributed by atoms with Crippen LogP contribution in [0, 0.1) is 13.8 Å². The Morgan fingerprint density at radius 1 is 1.00 bits per heavy atom.